The van der Waals surface area contributed by atoms with Crippen LogP contribution in [0.4, 0.5) is 5.82 Å². The number of amides is 2. The first kappa shape index (κ1) is 43.1. The molecule has 3 aromatic rings. The number of aliphatic carboxylic acids is 1. The van der Waals surface area contributed by atoms with E-state index in [1.807, 2.05) is 39.0 Å². The molecule has 4 N–H and O–H groups in total. The summed E-state index contributed by atoms with van der Waals surface area (Å²) in [4.78, 5) is 43.8. The van der Waals surface area contributed by atoms with Crippen LogP contribution in [0.2, 0.25) is 0 Å². The minimum atomic E-state index is -1.09. The van der Waals surface area contributed by atoms with E-state index in [1.54, 1.807) is 29.1 Å². The van der Waals surface area contributed by atoms with Crippen molar-refractivity contribution in [1.82, 2.24) is 25.4 Å². The fourth-order valence-corrected chi connectivity index (χ4v) is 5.11. The lowest BCUT2D eigenvalue weighted by atomic mass is 10.0. The maximum Gasteiger partial charge on any atom is 0.305 e. The van der Waals surface area contributed by atoms with Gasteiger partial charge in [-0.15, -0.1) is 0 Å². The van der Waals surface area contributed by atoms with Crippen LogP contribution in [-0.2, 0) is 33.3 Å². The molecule has 2 amide bonds. The van der Waals surface area contributed by atoms with E-state index in [0.717, 1.165) is 17.1 Å². The number of nitrogens with zero attached hydrogens (tertiary/aromatic N) is 6. The van der Waals surface area contributed by atoms with Crippen LogP contribution in [0.1, 0.15) is 47.8 Å². The molecule has 0 spiro atoms. The molecule has 18 nitrogen and oxygen atoms in total. The van der Waals surface area contributed by atoms with Gasteiger partial charge in [-0.1, -0.05) is 17.2 Å². The number of rotatable bonds is 28. The van der Waals surface area contributed by atoms with Gasteiger partial charge in [0.05, 0.1) is 83.2 Å². The highest BCUT2D eigenvalue weighted by Gasteiger charge is 2.21. The van der Waals surface area contributed by atoms with Crippen molar-refractivity contribution in [3.63, 3.8) is 0 Å². The number of azide groups is 1. The van der Waals surface area contributed by atoms with E-state index < -0.39 is 17.9 Å². The zero-order valence-corrected chi connectivity index (χ0v) is 31.1. The smallest absolute Gasteiger partial charge is 0.305 e. The van der Waals surface area contributed by atoms with Gasteiger partial charge in [0, 0.05) is 30.6 Å². The van der Waals surface area contributed by atoms with Gasteiger partial charge >= 0.3 is 5.97 Å². The molecule has 0 aliphatic carbocycles. The molecular weight excluding hydrogens is 702 g/mol. The summed E-state index contributed by atoms with van der Waals surface area (Å²) in [5.74, 6) is -0.552. The van der Waals surface area contributed by atoms with Gasteiger partial charge in [0.25, 0.3) is 0 Å². The third-order valence-corrected chi connectivity index (χ3v) is 7.69. The Bertz CT molecular complexity index is 1660. The highest BCUT2D eigenvalue weighted by atomic mass is 16.6. The molecule has 1 atom stereocenters. The number of nitrogens with one attached hydrogen (secondary N) is 3. The number of hydrogen-bond donors (Lipinski definition) is 4. The monoisotopic (exact) mass is 753 g/mol. The Balaban J connectivity index is 1.40. The number of pyridine rings is 1. The number of aryl methyl sites for hydroxylation is 2. The van der Waals surface area contributed by atoms with Crippen molar-refractivity contribution >= 4 is 23.6 Å². The standard InChI is InChI=1S/C36H51N9O9/c1-26-9-11-39-32(22-26)38-10-5-8-33(46)40-25-34(47)42-31(24-35(48)49)29-6-4-7-30(23-29)45-28(3)36(27(2)43-45)54-21-20-53-19-18-52-17-16-51-15-14-50-13-12-41-44-37/h4,6-7,9,11,22-23,31H,5,8,10,12-21,24-25H2,1-3H3,(H,38,39)(H,40,46)(H,42,47)(H,48,49). The summed E-state index contributed by atoms with van der Waals surface area (Å²) in [7, 11) is 0. The van der Waals surface area contributed by atoms with Crippen LogP contribution in [0.5, 0.6) is 5.75 Å². The van der Waals surface area contributed by atoms with E-state index in [2.05, 4.69) is 36.1 Å². The molecule has 0 saturated carbocycles. The maximum atomic E-state index is 12.8. The van der Waals surface area contributed by atoms with Gasteiger partial charge in [-0.25, -0.2) is 9.67 Å². The van der Waals surface area contributed by atoms with Crippen LogP contribution < -0.4 is 20.7 Å². The molecule has 0 fully saturated rings. The number of ether oxygens (including phenoxy) is 5. The number of aromatic nitrogens is 3. The fraction of sp³-hybridized carbons (Fsp3) is 0.528. The molecule has 54 heavy (non-hydrogen) atoms. The van der Waals surface area contributed by atoms with Crippen LogP contribution >= 0.6 is 0 Å². The van der Waals surface area contributed by atoms with Crippen LogP contribution in [-0.4, -0.2) is 117 Å². The van der Waals surface area contributed by atoms with Crippen molar-refractivity contribution in [1.29, 1.82) is 0 Å². The van der Waals surface area contributed by atoms with Crippen LogP contribution in [0, 0.1) is 20.8 Å². The van der Waals surface area contributed by atoms with E-state index >= 15 is 0 Å². The molecule has 0 bridgehead atoms. The minimum absolute atomic E-state index is 0.210. The number of carbonyl (C=O) groups is 3. The molecule has 3 rings (SSSR count). The number of hydrogen-bond acceptors (Lipinski definition) is 12. The molecular formula is C36H51N9O9. The first-order valence-electron chi connectivity index (χ1n) is 17.7. The third-order valence-electron chi connectivity index (χ3n) is 7.69. The van der Waals surface area contributed by atoms with Gasteiger partial charge in [0.1, 0.15) is 18.1 Å². The number of carboxylic acids is 1. The highest BCUT2D eigenvalue weighted by Crippen LogP contribution is 2.27. The first-order chi connectivity index (χ1) is 26.2. The van der Waals surface area contributed by atoms with E-state index in [9.17, 15) is 19.5 Å². The van der Waals surface area contributed by atoms with E-state index in [1.165, 1.54) is 0 Å². The van der Waals surface area contributed by atoms with Gasteiger partial charge in [0.2, 0.25) is 11.8 Å². The summed E-state index contributed by atoms with van der Waals surface area (Å²) < 4.78 is 29.4. The largest absolute Gasteiger partial charge is 0.487 e. The average Bonchev–Trinajstić information content (AvgIpc) is 3.44. The van der Waals surface area contributed by atoms with Gasteiger partial charge in [0.15, 0.2) is 5.75 Å². The van der Waals surface area contributed by atoms with Gasteiger partial charge in [-0.05, 0) is 68.1 Å². The number of carbonyl (C=O) groups excluding carboxylic acids is 2. The Kier molecular flexibility index (Phi) is 19.9. The van der Waals surface area contributed by atoms with Crippen LogP contribution in [0.25, 0.3) is 16.1 Å². The summed E-state index contributed by atoms with van der Waals surface area (Å²) in [6.07, 6.45) is 2.10. The second-order valence-corrected chi connectivity index (χ2v) is 12.0. The summed E-state index contributed by atoms with van der Waals surface area (Å²) in [6, 6.07) is 10.1. The minimum Gasteiger partial charge on any atom is -0.487 e. The molecule has 0 aliphatic heterocycles. The molecule has 2 heterocycles. The van der Waals surface area contributed by atoms with E-state index in [-0.39, 0.29) is 25.3 Å². The molecule has 18 heteroatoms. The Morgan fingerprint density at radius 1 is 0.926 bits per heavy atom. The molecule has 2 aromatic heterocycles. The van der Waals surface area contributed by atoms with Crippen LogP contribution in [0.3, 0.4) is 0 Å². The zero-order valence-electron chi connectivity index (χ0n) is 31.1. The number of carboxylic acid groups (broad SMARTS) is 1. The van der Waals surface area contributed by atoms with Gasteiger partial charge in [-0.2, -0.15) is 5.10 Å². The predicted molar refractivity (Wildman–Crippen MR) is 199 cm³/mol. The van der Waals surface area contributed by atoms with Crippen molar-refractivity contribution in [3.8, 4) is 11.4 Å². The molecule has 0 aliphatic rings. The van der Waals surface area contributed by atoms with Gasteiger partial charge in [-0.3, -0.25) is 14.4 Å². The molecule has 294 valence electrons. The third kappa shape index (κ3) is 16.6. The highest BCUT2D eigenvalue weighted by molar-refractivity contribution is 5.85. The molecule has 1 unspecified atom stereocenters. The van der Waals surface area contributed by atoms with Crippen molar-refractivity contribution in [2.75, 3.05) is 84.4 Å². The zero-order chi connectivity index (χ0) is 39.0. The van der Waals surface area contributed by atoms with Crippen molar-refractivity contribution in [2.45, 2.75) is 46.1 Å². The summed E-state index contributed by atoms with van der Waals surface area (Å²) in [5.41, 5.74) is 11.9. The lowest BCUT2D eigenvalue weighted by Gasteiger charge is -2.19. The summed E-state index contributed by atoms with van der Waals surface area (Å²) in [5, 5.41) is 26.1. The molecule has 0 saturated heterocycles. The average molecular weight is 754 g/mol. The summed E-state index contributed by atoms with van der Waals surface area (Å²) >= 11 is 0. The second kappa shape index (κ2) is 24.9. The van der Waals surface area contributed by atoms with Crippen LogP contribution in [0.15, 0.2) is 47.7 Å². The quantitative estimate of drug-likeness (QED) is 0.0361. The Morgan fingerprint density at radius 2 is 1.61 bits per heavy atom. The Hall–Kier alpha value is -5.26. The summed E-state index contributed by atoms with van der Waals surface area (Å²) in [6.45, 7) is 9.69. The van der Waals surface area contributed by atoms with Crippen molar-refractivity contribution in [3.05, 3.63) is 75.6 Å². The first-order valence-corrected chi connectivity index (χ1v) is 17.7. The normalized spacial score (nSPS) is 11.4. The molecule has 1 aromatic carbocycles. The topological polar surface area (TPSA) is 233 Å². The fourth-order valence-electron chi connectivity index (χ4n) is 5.11. The lowest BCUT2D eigenvalue weighted by molar-refractivity contribution is -0.138. The van der Waals surface area contributed by atoms with Crippen molar-refractivity contribution in [2.24, 2.45) is 5.11 Å². The number of benzene rings is 1. The maximum absolute atomic E-state index is 12.8. The number of anilines is 1. The van der Waals surface area contributed by atoms with E-state index in [4.69, 9.17) is 29.2 Å². The van der Waals surface area contributed by atoms with E-state index in [0.29, 0.717) is 102 Å². The Labute approximate surface area is 314 Å². The Morgan fingerprint density at radius 3 is 2.28 bits per heavy atom. The van der Waals surface area contributed by atoms with Gasteiger partial charge < -0.3 is 44.7 Å². The molecule has 0 radical (unpaired) electrons. The lowest BCUT2D eigenvalue weighted by Crippen LogP contribution is -2.39. The second-order valence-electron chi connectivity index (χ2n) is 12.0. The SMILES string of the molecule is Cc1ccnc(NCCCC(=O)NCC(=O)NC(CC(=O)O)c2cccc(-n3nc(C)c(OCCOCCOCCOCCOCCN=[N+]=[N-])c3C)c2)c1. The van der Waals surface area contributed by atoms with Crippen molar-refractivity contribution < 1.29 is 43.2 Å². The predicted octanol–water partition coefficient (Wildman–Crippen LogP) is 3.59.